The van der Waals surface area contributed by atoms with Gasteiger partial charge in [-0.05, 0) is 79.9 Å². The number of aryl methyl sites for hydroxylation is 1. The number of anilines is 1. The first-order valence-corrected chi connectivity index (χ1v) is 9.62. The van der Waals surface area contributed by atoms with E-state index in [1.807, 2.05) is 32.2 Å². The van der Waals surface area contributed by atoms with Gasteiger partial charge in [-0.2, -0.15) is 0 Å². The van der Waals surface area contributed by atoms with Crippen LogP contribution in [0, 0.1) is 5.82 Å². The van der Waals surface area contributed by atoms with Crippen LogP contribution in [0.1, 0.15) is 44.4 Å². The van der Waals surface area contributed by atoms with Crippen molar-refractivity contribution in [3.05, 3.63) is 77.6 Å². The molecule has 2 N–H and O–H groups in total. The Hall–Kier alpha value is -2.82. The van der Waals surface area contributed by atoms with Gasteiger partial charge in [0.2, 0.25) is 0 Å². The molecule has 148 valence electrons. The highest BCUT2D eigenvalue weighted by atomic mass is 19.1. The Balaban J connectivity index is 1.85. The Morgan fingerprint density at radius 3 is 2.61 bits per heavy atom. The number of rotatable bonds is 5. The summed E-state index contributed by atoms with van der Waals surface area (Å²) in [4.78, 5) is 8.95. The molecule has 0 spiro atoms. The van der Waals surface area contributed by atoms with Crippen LogP contribution < -0.4 is 10.6 Å². The molecule has 5 heteroatoms. The van der Waals surface area contributed by atoms with Crippen molar-refractivity contribution < 1.29 is 4.39 Å². The highest BCUT2D eigenvalue weighted by molar-refractivity contribution is 5.64. The van der Waals surface area contributed by atoms with E-state index in [1.165, 1.54) is 0 Å². The third kappa shape index (κ3) is 3.88. The minimum absolute atomic E-state index is 0.150. The van der Waals surface area contributed by atoms with Crippen molar-refractivity contribution in [3.63, 3.8) is 0 Å². The second kappa shape index (κ2) is 7.66. The van der Waals surface area contributed by atoms with Gasteiger partial charge in [0.25, 0.3) is 0 Å². The molecule has 2 heterocycles. The summed E-state index contributed by atoms with van der Waals surface area (Å²) in [6.45, 7) is 14.0. The monoisotopic (exact) mass is 380 g/mol. The Morgan fingerprint density at radius 1 is 1.29 bits per heavy atom. The largest absolute Gasteiger partial charge is 0.404 e. The number of benzene rings is 1. The number of hydrogen-bond acceptors (Lipinski definition) is 4. The van der Waals surface area contributed by atoms with Crippen molar-refractivity contribution in [1.29, 1.82) is 0 Å². The van der Waals surface area contributed by atoms with Gasteiger partial charge in [0.15, 0.2) is 0 Å². The average Bonchev–Trinajstić information content (AvgIpc) is 2.90. The number of pyridine rings is 1. The number of nitrogens with two attached hydrogens (primary N) is 1. The van der Waals surface area contributed by atoms with Crippen LogP contribution in [0.25, 0.3) is 5.57 Å². The van der Waals surface area contributed by atoms with Crippen LogP contribution in [0.4, 0.5) is 10.2 Å². The van der Waals surface area contributed by atoms with E-state index in [0.717, 1.165) is 46.9 Å². The van der Waals surface area contributed by atoms with Gasteiger partial charge in [0.05, 0.1) is 5.54 Å². The van der Waals surface area contributed by atoms with Crippen LogP contribution >= 0.6 is 0 Å². The minimum atomic E-state index is -0.186. The second-order valence-corrected chi connectivity index (χ2v) is 7.98. The van der Waals surface area contributed by atoms with E-state index < -0.39 is 0 Å². The molecule has 3 rings (SSSR count). The molecule has 0 unspecified atom stereocenters. The zero-order valence-corrected chi connectivity index (χ0v) is 17.2. The summed E-state index contributed by atoms with van der Waals surface area (Å²) >= 11 is 0. The third-order valence-corrected chi connectivity index (χ3v) is 5.39. The maximum Gasteiger partial charge on any atom is 0.134 e. The second-order valence-electron chi connectivity index (χ2n) is 7.98. The first kappa shape index (κ1) is 19.9. The molecule has 0 amide bonds. The fourth-order valence-electron chi connectivity index (χ4n) is 3.65. The van der Waals surface area contributed by atoms with Gasteiger partial charge < -0.3 is 15.5 Å². The van der Waals surface area contributed by atoms with Crippen molar-refractivity contribution in [2.24, 2.45) is 5.73 Å². The summed E-state index contributed by atoms with van der Waals surface area (Å²) in [5.41, 5.74) is 9.40. The van der Waals surface area contributed by atoms with Crippen molar-refractivity contribution >= 4 is 11.4 Å². The van der Waals surface area contributed by atoms with Crippen LogP contribution in [-0.2, 0) is 13.0 Å². The molecule has 2 aromatic rings. The smallest absolute Gasteiger partial charge is 0.134 e. The van der Waals surface area contributed by atoms with Gasteiger partial charge in [-0.1, -0.05) is 19.6 Å². The molecule has 1 aliphatic heterocycles. The molecule has 4 nitrogen and oxygen atoms in total. The van der Waals surface area contributed by atoms with Gasteiger partial charge in [0.1, 0.15) is 17.5 Å². The van der Waals surface area contributed by atoms with E-state index in [-0.39, 0.29) is 11.4 Å². The SMILES string of the molecule is C=C1N(c2ccc(/C(C)=C/N)cn2)CC(C)(C)N1Cc1cc(F)cc(CC)c1. The fraction of sp³-hybridized carbons (Fsp3) is 0.348. The number of aromatic nitrogens is 1. The molecule has 28 heavy (non-hydrogen) atoms. The van der Waals surface area contributed by atoms with Crippen molar-refractivity contribution in [2.75, 3.05) is 11.4 Å². The van der Waals surface area contributed by atoms with Crippen LogP contribution in [0.2, 0.25) is 0 Å². The number of halogens is 1. The Labute approximate surface area is 167 Å². The number of nitrogens with zero attached hydrogens (tertiary/aromatic N) is 3. The normalized spacial score (nSPS) is 16.8. The van der Waals surface area contributed by atoms with E-state index in [0.29, 0.717) is 6.54 Å². The van der Waals surface area contributed by atoms with Crippen molar-refractivity contribution in [1.82, 2.24) is 9.88 Å². The van der Waals surface area contributed by atoms with E-state index in [9.17, 15) is 4.39 Å². The maximum atomic E-state index is 14.0. The van der Waals surface area contributed by atoms with Crippen LogP contribution in [0.15, 0.2) is 55.1 Å². The molecule has 0 saturated carbocycles. The average molecular weight is 381 g/mol. The zero-order valence-electron chi connectivity index (χ0n) is 17.2. The summed E-state index contributed by atoms with van der Waals surface area (Å²) in [5, 5.41) is 0. The van der Waals surface area contributed by atoms with Gasteiger partial charge in [-0.3, -0.25) is 0 Å². The van der Waals surface area contributed by atoms with E-state index >= 15 is 0 Å². The number of hydrogen-bond donors (Lipinski definition) is 1. The van der Waals surface area contributed by atoms with E-state index in [1.54, 1.807) is 18.3 Å². The summed E-state index contributed by atoms with van der Waals surface area (Å²) in [5.74, 6) is 1.54. The summed E-state index contributed by atoms with van der Waals surface area (Å²) in [6.07, 6.45) is 4.23. The molecule has 0 atom stereocenters. The summed E-state index contributed by atoms with van der Waals surface area (Å²) in [6, 6.07) is 9.29. The molecule has 1 fully saturated rings. The summed E-state index contributed by atoms with van der Waals surface area (Å²) < 4.78 is 14.0. The molecule has 0 radical (unpaired) electrons. The lowest BCUT2D eigenvalue weighted by Gasteiger charge is -2.32. The molecule has 1 aliphatic rings. The van der Waals surface area contributed by atoms with Crippen LogP contribution in [0.3, 0.4) is 0 Å². The maximum absolute atomic E-state index is 14.0. The first-order valence-electron chi connectivity index (χ1n) is 9.62. The summed E-state index contributed by atoms with van der Waals surface area (Å²) in [7, 11) is 0. The van der Waals surface area contributed by atoms with Gasteiger partial charge in [-0.25, -0.2) is 9.37 Å². The van der Waals surface area contributed by atoms with E-state index in [4.69, 9.17) is 5.73 Å². The lowest BCUT2D eigenvalue weighted by Crippen LogP contribution is -2.38. The van der Waals surface area contributed by atoms with Gasteiger partial charge in [0, 0.05) is 19.3 Å². The standard InChI is InChI=1S/C23H29FN4/c1-6-18-9-19(11-21(24)10-18)14-28-17(3)27(15-23(28,4)5)22-8-7-20(13-26-22)16(2)12-25/h7-13H,3,6,14-15,25H2,1-2,4-5H3/b16-12+. The van der Waals surface area contributed by atoms with Crippen molar-refractivity contribution in [3.8, 4) is 0 Å². The van der Waals surface area contributed by atoms with Gasteiger partial charge in [-0.15, -0.1) is 0 Å². The molecular weight excluding hydrogens is 351 g/mol. The van der Waals surface area contributed by atoms with Gasteiger partial charge >= 0.3 is 0 Å². The molecule has 1 saturated heterocycles. The highest BCUT2D eigenvalue weighted by Crippen LogP contribution is 2.36. The fourth-order valence-corrected chi connectivity index (χ4v) is 3.65. The quantitative estimate of drug-likeness (QED) is 0.818. The molecule has 1 aromatic carbocycles. The topological polar surface area (TPSA) is 45.4 Å². The predicted molar refractivity (Wildman–Crippen MR) is 114 cm³/mol. The highest BCUT2D eigenvalue weighted by Gasteiger charge is 2.40. The molecule has 0 bridgehead atoms. The lowest BCUT2D eigenvalue weighted by molar-refractivity contribution is 0.209. The minimum Gasteiger partial charge on any atom is -0.404 e. The zero-order chi connectivity index (χ0) is 20.5. The van der Waals surface area contributed by atoms with Crippen LogP contribution in [-0.4, -0.2) is 22.0 Å². The van der Waals surface area contributed by atoms with Crippen LogP contribution in [0.5, 0.6) is 0 Å². The Kier molecular flexibility index (Phi) is 5.45. The third-order valence-electron chi connectivity index (χ3n) is 5.39. The predicted octanol–water partition coefficient (Wildman–Crippen LogP) is 4.67. The Bertz CT molecular complexity index is 899. The van der Waals surface area contributed by atoms with E-state index in [2.05, 4.69) is 41.3 Å². The number of allylic oxidation sites excluding steroid dienone is 1. The molecule has 1 aromatic heterocycles. The van der Waals surface area contributed by atoms with Crippen molar-refractivity contribution in [2.45, 2.75) is 46.2 Å². The first-order chi connectivity index (χ1) is 13.2. The molecular formula is C23H29FN4. The molecule has 0 aliphatic carbocycles. The lowest BCUT2D eigenvalue weighted by atomic mass is 10.0. The Morgan fingerprint density at radius 2 is 2.00 bits per heavy atom.